The van der Waals surface area contributed by atoms with E-state index < -0.39 is 0 Å². The Labute approximate surface area is 60.1 Å². The summed E-state index contributed by atoms with van der Waals surface area (Å²) in [4.78, 5) is 0. The van der Waals surface area contributed by atoms with Gasteiger partial charge in [0, 0.05) is 6.07 Å². The molecule has 53 valence electrons. The van der Waals surface area contributed by atoms with Crippen molar-refractivity contribution in [1.82, 2.24) is 0 Å². The first-order chi connectivity index (χ1) is 4.93. The lowest BCUT2D eigenvalue weighted by Gasteiger charge is -2.00. The Kier molecular flexibility index (Phi) is 2.77. The van der Waals surface area contributed by atoms with Crippen molar-refractivity contribution in [1.29, 1.82) is 0 Å². The van der Waals surface area contributed by atoms with Gasteiger partial charge in [0.1, 0.15) is 12.4 Å². The van der Waals surface area contributed by atoms with Gasteiger partial charge in [0.05, 0.1) is 6.61 Å². The van der Waals surface area contributed by atoms with Gasteiger partial charge in [0.15, 0.2) is 0 Å². The molecule has 2 heteroatoms. The second-order valence-corrected chi connectivity index (χ2v) is 1.80. The standard InChI is InChI=1S/C8H9O2/c9-6-7-10-8-4-2-1-3-5-8/h1-4,9H,6-7H2. The van der Waals surface area contributed by atoms with Crippen LogP contribution in [0.25, 0.3) is 0 Å². The summed E-state index contributed by atoms with van der Waals surface area (Å²) in [6.45, 7) is 0.378. The first-order valence-electron chi connectivity index (χ1n) is 3.14. The number of aliphatic hydroxyl groups is 1. The molecule has 1 N–H and O–H groups in total. The average molecular weight is 137 g/mol. The van der Waals surface area contributed by atoms with E-state index in [9.17, 15) is 0 Å². The summed E-state index contributed by atoms with van der Waals surface area (Å²) in [5, 5.41) is 8.39. The molecule has 1 aromatic carbocycles. The van der Waals surface area contributed by atoms with Gasteiger partial charge in [-0.15, -0.1) is 0 Å². The number of hydrogen-bond donors (Lipinski definition) is 1. The highest BCUT2D eigenvalue weighted by Crippen LogP contribution is 2.05. The Morgan fingerprint density at radius 1 is 1.50 bits per heavy atom. The molecule has 0 saturated heterocycles. The molecule has 1 radical (unpaired) electrons. The lowest BCUT2D eigenvalue weighted by atomic mass is 10.3. The zero-order chi connectivity index (χ0) is 7.23. The fraction of sp³-hybridized carbons (Fsp3) is 0.250. The van der Waals surface area contributed by atoms with E-state index >= 15 is 0 Å². The van der Waals surface area contributed by atoms with Crippen molar-refractivity contribution in [3.63, 3.8) is 0 Å². The minimum absolute atomic E-state index is 0.0444. The topological polar surface area (TPSA) is 29.5 Å². The van der Waals surface area contributed by atoms with Crippen LogP contribution in [0.2, 0.25) is 0 Å². The van der Waals surface area contributed by atoms with Crippen LogP contribution in [0.3, 0.4) is 0 Å². The van der Waals surface area contributed by atoms with E-state index in [1.165, 1.54) is 0 Å². The van der Waals surface area contributed by atoms with Crippen molar-refractivity contribution in [3.05, 3.63) is 30.3 Å². The highest BCUT2D eigenvalue weighted by molar-refractivity contribution is 5.19. The van der Waals surface area contributed by atoms with Gasteiger partial charge in [-0.25, -0.2) is 0 Å². The Morgan fingerprint density at radius 2 is 2.40 bits per heavy atom. The number of para-hydroxylation sites is 1. The molecular formula is C8H9O2. The molecule has 0 unspecified atom stereocenters. The van der Waals surface area contributed by atoms with Crippen molar-refractivity contribution >= 4 is 0 Å². The molecule has 0 aliphatic rings. The first kappa shape index (κ1) is 7.09. The summed E-state index contributed by atoms with van der Waals surface area (Å²) in [5.41, 5.74) is 0. The second-order valence-electron chi connectivity index (χ2n) is 1.80. The average Bonchev–Trinajstić information content (AvgIpc) is 2.03. The zero-order valence-corrected chi connectivity index (χ0v) is 5.58. The molecule has 2 nitrogen and oxygen atoms in total. The van der Waals surface area contributed by atoms with Crippen LogP contribution in [0.1, 0.15) is 0 Å². The molecule has 0 spiro atoms. The molecule has 0 aromatic heterocycles. The van der Waals surface area contributed by atoms with Gasteiger partial charge in [0.2, 0.25) is 0 Å². The van der Waals surface area contributed by atoms with E-state index in [4.69, 9.17) is 9.84 Å². The Bertz CT molecular complexity index is 172. The summed E-state index contributed by atoms with van der Waals surface area (Å²) < 4.78 is 5.05. The minimum Gasteiger partial charge on any atom is -0.491 e. The Morgan fingerprint density at radius 3 is 3.00 bits per heavy atom. The molecule has 0 amide bonds. The van der Waals surface area contributed by atoms with Gasteiger partial charge in [0.25, 0.3) is 0 Å². The fourth-order valence-corrected chi connectivity index (χ4v) is 0.622. The SMILES string of the molecule is OCCOc1[c]cccc1. The number of rotatable bonds is 3. The van der Waals surface area contributed by atoms with Crippen molar-refractivity contribution in [2.24, 2.45) is 0 Å². The van der Waals surface area contributed by atoms with Crippen molar-refractivity contribution < 1.29 is 9.84 Å². The van der Waals surface area contributed by atoms with Crippen molar-refractivity contribution in [2.45, 2.75) is 0 Å². The van der Waals surface area contributed by atoms with Gasteiger partial charge >= 0.3 is 0 Å². The molecule has 0 fully saturated rings. The maximum Gasteiger partial charge on any atom is 0.127 e. The summed E-state index contributed by atoms with van der Waals surface area (Å²) in [6, 6.07) is 10.2. The van der Waals surface area contributed by atoms with E-state index in [2.05, 4.69) is 6.07 Å². The van der Waals surface area contributed by atoms with Crippen LogP contribution >= 0.6 is 0 Å². The molecule has 0 heterocycles. The van der Waals surface area contributed by atoms with E-state index in [1.807, 2.05) is 12.1 Å². The predicted molar refractivity (Wildman–Crippen MR) is 37.9 cm³/mol. The van der Waals surface area contributed by atoms with E-state index in [1.54, 1.807) is 12.1 Å². The third-order valence-corrected chi connectivity index (χ3v) is 1.03. The van der Waals surface area contributed by atoms with Gasteiger partial charge < -0.3 is 9.84 Å². The number of hydrogen-bond acceptors (Lipinski definition) is 2. The zero-order valence-electron chi connectivity index (χ0n) is 5.58. The highest BCUT2D eigenvalue weighted by atomic mass is 16.5. The van der Waals surface area contributed by atoms with Crippen LogP contribution in [0.5, 0.6) is 5.75 Å². The van der Waals surface area contributed by atoms with Crippen LogP contribution in [-0.4, -0.2) is 18.3 Å². The van der Waals surface area contributed by atoms with Crippen molar-refractivity contribution in [2.75, 3.05) is 13.2 Å². The van der Waals surface area contributed by atoms with Gasteiger partial charge in [-0.3, -0.25) is 0 Å². The smallest absolute Gasteiger partial charge is 0.127 e. The molecule has 0 aliphatic carbocycles. The Balaban J connectivity index is 2.43. The normalized spacial score (nSPS) is 9.30. The summed E-state index contributed by atoms with van der Waals surface area (Å²) >= 11 is 0. The summed E-state index contributed by atoms with van der Waals surface area (Å²) in [6.07, 6.45) is 0. The molecule has 1 rings (SSSR count). The fourth-order valence-electron chi connectivity index (χ4n) is 0.622. The number of aliphatic hydroxyl groups excluding tert-OH is 1. The molecular weight excluding hydrogens is 128 g/mol. The maximum atomic E-state index is 8.39. The largest absolute Gasteiger partial charge is 0.491 e. The number of ether oxygens (including phenoxy) is 1. The van der Waals surface area contributed by atoms with Crippen LogP contribution in [0.15, 0.2) is 24.3 Å². The van der Waals surface area contributed by atoms with E-state index in [0.717, 1.165) is 0 Å². The van der Waals surface area contributed by atoms with Crippen molar-refractivity contribution in [3.8, 4) is 5.75 Å². The third kappa shape index (κ3) is 2.07. The number of benzene rings is 1. The van der Waals surface area contributed by atoms with Crippen LogP contribution in [-0.2, 0) is 0 Å². The molecule has 1 aromatic rings. The highest BCUT2D eigenvalue weighted by Gasteiger charge is 1.87. The Hall–Kier alpha value is -1.02. The van der Waals surface area contributed by atoms with E-state index in [-0.39, 0.29) is 6.61 Å². The quantitative estimate of drug-likeness (QED) is 0.669. The third-order valence-electron chi connectivity index (χ3n) is 1.03. The first-order valence-corrected chi connectivity index (χ1v) is 3.14. The van der Waals surface area contributed by atoms with Gasteiger partial charge in [-0.05, 0) is 6.07 Å². The minimum atomic E-state index is 0.0444. The van der Waals surface area contributed by atoms with Crippen LogP contribution < -0.4 is 4.74 Å². The van der Waals surface area contributed by atoms with Crippen LogP contribution in [0, 0.1) is 6.07 Å². The summed E-state index contributed by atoms with van der Waals surface area (Å²) in [5.74, 6) is 0.677. The summed E-state index contributed by atoms with van der Waals surface area (Å²) in [7, 11) is 0. The molecule has 10 heavy (non-hydrogen) atoms. The second kappa shape index (κ2) is 3.90. The molecule has 0 aliphatic heterocycles. The predicted octanol–water partition coefficient (Wildman–Crippen LogP) is 0.858. The maximum absolute atomic E-state index is 8.39. The lowest BCUT2D eigenvalue weighted by Crippen LogP contribution is -2.00. The molecule has 0 bridgehead atoms. The molecule has 0 saturated carbocycles. The van der Waals surface area contributed by atoms with Gasteiger partial charge in [-0.1, -0.05) is 18.2 Å². The van der Waals surface area contributed by atoms with Crippen LogP contribution in [0.4, 0.5) is 0 Å². The van der Waals surface area contributed by atoms with Gasteiger partial charge in [-0.2, -0.15) is 0 Å². The molecule has 0 atom stereocenters. The monoisotopic (exact) mass is 137 g/mol. The lowest BCUT2D eigenvalue weighted by molar-refractivity contribution is 0.201. The van der Waals surface area contributed by atoms with E-state index in [0.29, 0.717) is 12.4 Å².